The lowest BCUT2D eigenvalue weighted by molar-refractivity contribution is 0.408. The summed E-state index contributed by atoms with van der Waals surface area (Å²) in [5.74, 6) is 1.63. The first-order valence-corrected chi connectivity index (χ1v) is 5.50. The first-order chi connectivity index (χ1) is 7.67. The molecule has 0 aromatic heterocycles. The second kappa shape index (κ2) is 4.22. The van der Waals surface area contributed by atoms with Crippen LogP contribution in [0.4, 0.5) is 0 Å². The fourth-order valence-electron chi connectivity index (χ4n) is 1.70. The van der Waals surface area contributed by atoms with Crippen molar-refractivity contribution >= 4 is 26.7 Å². The summed E-state index contributed by atoms with van der Waals surface area (Å²) in [5, 5.41) is 11.2. The number of fused-ring (bicyclic) bond motifs is 1. The van der Waals surface area contributed by atoms with E-state index in [0.29, 0.717) is 5.75 Å². The van der Waals surface area contributed by atoms with Crippen molar-refractivity contribution in [2.45, 2.75) is 0 Å². The second-order valence-electron chi connectivity index (χ2n) is 3.32. The van der Waals surface area contributed by atoms with Crippen molar-refractivity contribution in [2.75, 3.05) is 14.2 Å². The quantitative estimate of drug-likeness (QED) is 0.918. The molecule has 0 spiro atoms. The summed E-state index contributed by atoms with van der Waals surface area (Å²) in [6.45, 7) is 0. The molecule has 0 aliphatic carbocycles. The maximum atomic E-state index is 9.48. The van der Waals surface area contributed by atoms with Gasteiger partial charge in [-0.25, -0.2) is 0 Å². The van der Waals surface area contributed by atoms with Crippen LogP contribution in [0, 0.1) is 0 Å². The average Bonchev–Trinajstić information content (AvgIpc) is 2.28. The zero-order valence-electron chi connectivity index (χ0n) is 8.95. The van der Waals surface area contributed by atoms with Crippen molar-refractivity contribution in [3.63, 3.8) is 0 Å². The van der Waals surface area contributed by atoms with E-state index in [-0.39, 0.29) is 5.75 Å². The number of phenols is 1. The summed E-state index contributed by atoms with van der Waals surface area (Å²) < 4.78 is 11.4. The molecule has 4 heteroatoms. The molecule has 84 valence electrons. The minimum atomic E-state index is 0.204. The van der Waals surface area contributed by atoms with Crippen molar-refractivity contribution in [1.82, 2.24) is 0 Å². The van der Waals surface area contributed by atoms with Gasteiger partial charge in [0.25, 0.3) is 0 Å². The highest BCUT2D eigenvalue weighted by molar-refractivity contribution is 9.10. The molecule has 2 aromatic rings. The Balaban J connectivity index is 2.87. The molecule has 0 radical (unpaired) electrons. The highest BCUT2D eigenvalue weighted by atomic mass is 79.9. The molecule has 16 heavy (non-hydrogen) atoms. The van der Waals surface area contributed by atoms with Gasteiger partial charge in [-0.05, 0) is 40.2 Å². The molecule has 1 N–H and O–H groups in total. The van der Waals surface area contributed by atoms with E-state index < -0.39 is 0 Å². The molecule has 0 heterocycles. The third-order valence-electron chi connectivity index (χ3n) is 2.41. The highest BCUT2D eigenvalue weighted by Crippen LogP contribution is 2.40. The molecular weight excluding hydrogens is 272 g/mol. The molecule has 0 saturated heterocycles. The monoisotopic (exact) mass is 282 g/mol. The van der Waals surface area contributed by atoms with Gasteiger partial charge in [0.2, 0.25) is 0 Å². The molecule has 0 unspecified atom stereocenters. The molecule has 0 amide bonds. The van der Waals surface area contributed by atoms with Gasteiger partial charge in [0.15, 0.2) is 0 Å². The van der Waals surface area contributed by atoms with Crippen molar-refractivity contribution in [3.05, 3.63) is 28.7 Å². The van der Waals surface area contributed by atoms with Gasteiger partial charge in [-0.15, -0.1) is 0 Å². The van der Waals surface area contributed by atoms with Gasteiger partial charge in [0.05, 0.1) is 18.7 Å². The van der Waals surface area contributed by atoms with E-state index in [2.05, 4.69) is 15.9 Å². The van der Waals surface area contributed by atoms with Crippen LogP contribution in [0.5, 0.6) is 17.2 Å². The molecule has 0 aliphatic rings. The van der Waals surface area contributed by atoms with E-state index in [9.17, 15) is 5.11 Å². The Morgan fingerprint density at radius 2 is 1.81 bits per heavy atom. The van der Waals surface area contributed by atoms with Crippen molar-refractivity contribution in [3.8, 4) is 17.2 Å². The van der Waals surface area contributed by atoms with Crippen LogP contribution in [0.1, 0.15) is 0 Å². The Hall–Kier alpha value is -1.42. The Morgan fingerprint density at radius 1 is 1.06 bits per heavy atom. The van der Waals surface area contributed by atoms with Crippen LogP contribution in [0.3, 0.4) is 0 Å². The van der Waals surface area contributed by atoms with Gasteiger partial charge in [-0.3, -0.25) is 0 Å². The van der Waals surface area contributed by atoms with Crippen LogP contribution in [0.2, 0.25) is 0 Å². The number of hydrogen-bond acceptors (Lipinski definition) is 3. The summed E-state index contributed by atoms with van der Waals surface area (Å²) >= 11 is 3.42. The van der Waals surface area contributed by atoms with E-state index in [1.807, 2.05) is 6.07 Å². The normalized spacial score (nSPS) is 10.4. The number of benzene rings is 2. The lowest BCUT2D eigenvalue weighted by Gasteiger charge is -2.12. The minimum Gasteiger partial charge on any atom is -0.508 e. The smallest absolute Gasteiger partial charge is 0.141 e. The topological polar surface area (TPSA) is 38.7 Å². The van der Waals surface area contributed by atoms with Gasteiger partial charge >= 0.3 is 0 Å². The maximum absolute atomic E-state index is 9.48. The predicted octanol–water partition coefficient (Wildman–Crippen LogP) is 3.33. The van der Waals surface area contributed by atoms with Crippen LogP contribution in [0.15, 0.2) is 28.7 Å². The number of phenolic OH excluding ortho intramolecular Hbond substituents is 1. The fourth-order valence-corrected chi connectivity index (χ4v) is 2.28. The first-order valence-electron chi connectivity index (χ1n) is 4.70. The highest BCUT2D eigenvalue weighted by Gasteiger charge is 2.12. The summed E-state index contributed by atoms with van der Waals surface area (Å²) in [5.41, 5.74) is 0. The maximum Gasteiger partial charge on any atom is 0.141 e. The summed E-state index contributed by atoms with van der Waals surface area (Å²) in [4.78, 5) is 0. The van der Waals surface area contributed by atoms with Gasteiger partial charge in [0, 0.05) is 10.8 Å². The molecule has 2 aromatic carbocycles. The SMILES string of the molecule is COc1cc(Br)c(OC)c2ccc(O)cc12. The molecule has 0 bridgehead atoms. The second-order valence-corrected chi connectivity index (χ2v) is 4.18. The van der Waals surface area contributed by atoms with E-state index in [1.54, 1.807) is 32.4 Å². The third kappa shape index (κ3) is 1.69. The third-order valence-corrected chi connectivity index (χ3v) is 3.00. The van der Waals surface area contributed by atoms with E-state index in [1.165, 1.54) is 0 Å². The van der Waals surface area contributed by atoms with Gasteiger partial charge < -0.3 is 14.6 Å². The minimum absolute atomic E-state index is 0.204. The molecule has 2 rings (SSSR count). The van der Waals surface area contributed by atoms with Crippen molar-refractivity contribution in [1.29, 1.82) is 0 Å². The Bertz CT molecular complexity index is 537. The van der Waals surface area contributed by atoms with Crippen LogP contribution in [0.25, 0.3) is 10.8 Å². The van der Waals surface area contributed by atoms with Crippen molar-refractivity contribution < 1.29 is 14.6 Å². The number of methoxy groups -OCH3 is 2. The predicted molar refractivity (Wildman–Crippen MR) is 66.4 cm³/mol. The standard InChI is InChI=1S/C12H11BrO3/c1-15-11-6-10(13)12(16-2)8-4-3-7(14)5-9(8)11/h3-6,14H,1-2H3. The number of halogens is 1. The number of aromatic hydroxyl groups is 1. The van der Waals surface area contributed by atoms with Crippen LogP contribution in [-0.4, -0.2) is 19.3 Å². The van der Waals surface area contributed by atoms with E-state index in [4.69, 9.17) is 9.47 Å². The van der Waals surface area contributed by atoms with E-state index >= 15 is 0 Å². The summed E-state index contributed by atoms with van der Waals surface area (Å²) in [6, 6.07) is 6.90. The van der Waals surface area contributed by atoms with Gasteiger partial charge in [-0.1, -0.05) is 0 Å². The zero-order valence-corrected chi connectivity index (χ0v) is 10.5. The Labute approximate surface area is 102 Å². The van der Waals surface area contributed by atoms with E-state index in [0.717, 1.165) is 21.0 Å². The molecule has 0 aliphatic heterocycles. The van der Waals surface area contributed by atoms with Crippen molar-refractivity contribution in [2.24, 2.45) is 0 Å². The van der Waals surface area contributed by atoms with Crippen LogP contribution >= 0.6 is 15.9 Å². The average molecular weight is 283 g/mol. The molecule has 0 saturated carbocycles. The Kier molecular flexibility index (Phi) is 2.92. The Morgan fingerprint density at radius 3 is 2.44 bits per heavy atom. The molecular formula is C12H11BrO3. The van der Waals surface area contributed by atoms with Gasteiger partial charge in [-0.2, -0.15) is 0 Å². The largest absolute Gasteiger partial charge is 0.508 e. The number of rotatable bonds is 2. The molecule has 0 fully saturated rings. The lowest BCUT2D eigenvalue weighted by Crippen LogP contribution is -1.90. The zero-order chi connectivity index (χ0) is 11.7. The summed E-state index contributed by atoms with van der Waals surface area (Å²) in [7, 11) is 3.20. The number of ether oxygens (including phenoxy) is 2. The van der Waals surface area contributed by atoms with Crippen LogP contribution in [-0.2, 0) is 0 Å². The van der Waals surface area contributed by atoms with Crippen LogP contribution < -0.4 is 9.47 Å². The fraction of sp³-hybridized carbons (Fsp3) is 0.167. The first kappa shape index (κ1) is 11.1. The molecule has 3 nitrogen and oxygen atoms in total. The number of hydrogen-bond donors (Lipinski definition) is 1. The van der Waals surface area contributed by atoms with Gasteiger partial charge in [0.1, 0.15) is 17.2 Å². The summed E-state index contributed by atoms with van der Waals surface area (Å²) in [6.07, 6.45) is 0. The molecule has 0 atom stereocenters. The lowest BCUT2D eigenvalue weighted by atomic mass is 10.1.